The van der Waals surface area contributed by atoms with Gasteiger partial charge in [-0.2, -0.15) is 0 Å². The van der Waals surface area contributed by atoms with Gasteiger partial charge in [0.05, 0.1) is 6.04 Å². The van der Waals surface area contributed by atoms with Crippen LogP contribution in [0.25, 0.3) is 0 Å². The van der Waals surface area contributed by atoms with Crippen LogP contribution < -0.4 is 5.73 Å². The highest BCUT2D eigenvalue weighted by Gasteiger charge is 2.29. The highest BCUT2D eigenvalue weighted by Crippen LogP contribution is 2.14. The lowest BCUT2D eigenvalue weighted by molar-refractivity contribution is -0.136. The molecule has 2 aliphatic heterocycles. The van der Waals surface area contributed by atoms with Gasteiger partial charge in [0.2, 0.25) is 5.91 Å². The molecule has 2 saturated heterocycles. The van der Waals surface area contributed by atoms with Gasteiger partial charge >= 0.3 is 0 Å². The molecular formula is C15H30N4O. The third-order valence-electron chi connectivity index (χ3n) is 4.66. The lowest BCUT2D eigenvalue weighted by atomic mass is 10.2. The zero-order chi connectivity index (χ0) is 14.4. The van der Waals surface area contributed by atoms with Crippen molar-refractivity contribution in [2.45, 2.75) is 38.6 Å². The zero-order valence-electron chi connectivity index (χ0n) is 12.9. The zero-order valence-corrected chi connectivity index (χ0v) is 12.9. The highest BCUT2D eigenvalue weighted by molar-refractivity contribution is 5.81. The molecule has 0 bridgehead atoms. The van der Waals surface area contributed by atoms with Crippen LogP contribution in [0.15, 0.2) is 0 Å². The molecule has 20 heavy (non-hydrogen) atoms. The van der Waals surface area contributed by atoms with Gasteiger partial charge < -0.3 is 15.5 Å². The first kappa shape index (κ1) is 15.7. The average Bonchev–Trinajstić information content (AvgIpc) is 3.01. The lowest BCUT2D eigenvalue weighted by Crippen LogP contribution is -2.54. The minimum atomic E-state index is 0.0549. The summed E-state index contributed by atoms with van der Waals surface area (Å²) in [4.78, 5) is 19.3. The van der Waals surface area contributed by atoms with E-state index >= 15 is 0 Å². The molecule has 116 valence electrons. The molecule has 0 aliphatic carbocycles. The predicted octanol–water partition coefficient (Wildman–Crippen LogP) is 0.354. The standard InChI is InChI=1S/C15H30N4O/c1-14(15(20)19-8-4-5-9-19)18-12-10-17(11-13-18)7-3-2-6-16/h14H,2-13,16H2,1H3. The van der Waals surface area contributed by atoms with Crippen LogP contribution in [-0.4, -0.2) is 79.0 Å². The van der Waals surface area contributed by atoms with E-state index in [0.717, 1.165) is 58.8 Å². The molecular weight excluding hydrogens is 252 g/mol. The van der Waals surface area contributed by atoms with Crippen molar-refractivity contribution < 1.29 is 4.79 Å². The van der Waals surface area contributed by atoms with Gasteiger partial charge in [0, 0.05) is 39.3 Å². The van der Waals surface area contributed by atoms with E-state index in [1.54, 1.807) is 0 Å². The van der Waals surface area contributed by atoms with Crippen LogP contribution in [0.1, 0.15) is 32.6 Å². The molecule has 0 aromatic carbocycles. The Bertz CT molecular complexity index is 296. The highest BCUT2D eigenvalue weighted by atomic mass is 16.2. The second-order valence-corrected chi connectivity index (χ2v) is 6.08. The summed E-state index contributed by atoms with van der Waals surface area (Å²) in [6, 6.07) is 0.0549. The summed E-state index contributed by atoms with van der Waals surface area (Å²) < 4.78 is 0. The third kappa shape index (κ3) is 4.17. The van der Waals surface area contributed by atoms with E-state index in [-0.39, 0.29) is 6.04 Å². The fourth-order valence-corrected chi connectivity index (χ4v) is 3.21. The molecule has 1 atom stereocenters. The number of piperazine rings is 1. The first-order valence-electron chi connectivity index (χ1n) is 8.17. The van der Waals surface area contributed by atoms with E-state index in [1.165, 1.54) is 19.3 Å². The number of likely N-dealkylation sites (tertiary alicyclic amines) is 1. The average molecular weight is 282 g/mol. The van der Waals surface area contributed by atoms with Gasteiger partial charge in [0.25, 0.3) is 0 Å². The molecule has 2 heterocycles. The second-order valence-electron chi connectivity index (χ2n) is 6.08. The maximum atomic E-state index is 12.4. The van der Waals surface area contributed by atoms with Gasteiger partial charge in [-0.05, 0) is 45.7 Å². The van der Waals surface area contributed by atoms with Crippen LogP contribution in [0.4, 0.5) is 0 Å². The number of nitrogens with zero attached hydrogens (tertiary/aromatic N) is 3. The fourth-order valence-electron chi connectivity index (χ4n) is 3.21. The summed E-state index contributed by atoms with van der Waals surface area (Å²) in [6.07, 6.45) is 4.66. The molecule has 2 fully saturated rings. The summed E-state index contributed by atoms with van der Waals surface area (Å²) in [7, 11) is 0. The van der Waals surface area contributed by atoms with Crippen molar-refractivity contribution in [1.82, 2.24) is 14.7 Å². The normalized spacial score (nSPS) is 23.2. The van der Waals surface area contributed by atoms with Gasteiger partial charge in [0.1, 0.15) is 0 Å². The summed E-state index contributed by atoms with van der Waals surface area (Å²) in [6.45, 7) is 10.1. The van der Waals surface area contributed by atoms with Crippen LogP contribution in [0.5, 0.6) is 0 Å². The van der Waals surface area contributed by atoms with Crippen molar-refractivity contribution in [3.05, 3.63) is 0 Å². The van der Waals surface area contributed by atoms with Crippen molar-refractivity contribution in [2.24, 2.45) is 5.73 Å². The quantitative estimate of drug-likeness (QED) is 0.715. The van der Waals surface area contributed by atoms with Crippen LogP contribution in [0.3, 0.4) is 0 Å². The molecule has 0 spiro atoms. The number of amides is 1. The Balaban J connectivity index is 1.71. The Morgan fingerprint density at radius 3 is 2.30 bits per heavy atom. The number of rotatable bonds is 6. The second kappa shape index (κ2) is 7.96. The van der Waals surface area contributed by atoms with E-state index in [1.807, 2.05) is 4.90 Å². The van der Waals surface area contributed by atoms with Crippen LogP contribution in [0, 0.1) is 0 Å². The molecule has 0 radical (unpaired) electrons. The third-order valence-corrected chi connectivity index (χ3v) is 4.66. The monoisotopic (exact) mass is 282 g/mol. The van der Waals surface area contributed by atoms with Crippen LogP contribution in [0.2, 0.25) is 0 Å². The molecule has 2 rings (SSSR count). The topological polar surface area (TPSA) is 52.8 Å². The number of carbonyl (C=O) groups excluding carboxylic acids is 1. The molecule has 0 aromatic rings. The largest absolute Gasteiger partial charge is 0.341 e. The molecule has 1 unspecified atom stereocenters. The molecule has 2 aliphatic rings. The summed E-state index contributed by atoms with van der Waals surface area (Å²) in [5.74, 6) is 0.332. The van der Waals surface area contributed by atoms with Crippen molar-refractivity contribution in [1.29, 1.82) is 0 Å². The molecule has 1 amide bonds. The van der Waals surface area contributed by atoms with Gasteiger partial charge in [-0.15, -0.1) is 0 Å². The Hall–Kier alpha value is -0.650. The van der Waals surface area contributed by atoms with Gasteiger partial charge in [0.15, 0.2) is 0 Å². The number of nitrogens with two attached hydrogens (primary N) is 1. The van der Waals surface area contributed by atoms with Gasteiger partial charge in [-0.1, -0.05) is 0 Å². The smallest absolute Gasteiger partial charge is 0.239 e. The Morgan fingerprint density at radius 2 is 1.70 bits per heavy atom. The molecule has 0 saturated carbocycles. The SMILES string of the molecule is CC(C(=O)N1CCCC1)N1CCN(CCCCN)CC1. The summed E-state index contributed by atoms with van der Waals surface area (Å²) >= 11 is 0. The summed E-state index contributed by atoms with van der Waals surface area (Å²) in [5, 5.41) is 0. The number of unbranched alkanes of at least 4 members (excludes halogenated alkanes) is 1. The van der Waals surface area contributed by atoms with E-state index in [2.05, 4.69) is 16.7 Å². The van der Waals surface area contributed by atoms with E-state index < -0.39 is 0 Å². The van der Waals surface area contributed by atoms with Crippen molar-refractivity contribution in [3.63, 3.8) is 0 Å². The Labute approximate surface area is 123 Å². The van der Waals surface area contributed by atoms with E-state index in [0.29, 0.717) is 5.91 Å². The first-order valence-corrected chi connectivity index (χ1v) is 8.17. The number of hydrogen-bond donors (Lipinski definition) is 1. The van der Waals surface area contributed by atoms with Crippen molar-refractivity contribution in [2.75, 3.05) is 52.4 Å². The predicted molar refractivity (Wildman–Crippen MR) is 81.6 cm³/mol. The molecule has 0 aromatic heterocycles. The van der Waals surface area contributed by atoms with Crippen LogP contribution in [-0.2, 0) is 4.79 Å². The maximum absolute atomic E-state index is 12.4. The van der Waals surface area contributed by atoms with Crippen molar-refractivity contribution >= 4 is 5.91 Å². The fraction of sp³-hybridized carbons (Fsp3) is 0.933. The minimum Gasteiger partial charge on any atom is -0.341 e. The molecule has 5 nitrogen and oxygen atoms in total. The number of hydrogen-bond acceptors (Lipinski definition) is 4. The van der Waals surface area contributed by atoms with Gasteiger partial charge in [-0.25, -0.2) is 0 Å². The van der Waals surface area contributed by atoms with E-state index in [9.17, 15) is 4.79 Å². The summed E-state index contributed by atoms with van der Waals surface area (Å²) in [5.41, 5.74) is 5.53. The Morgan fingerprint density at radius 1 is 1.05 bits per heavy atom. The minimum absolute atomic E-state index is 0.0549. The van der Waals surface area contributed by atoms with Crippen LogP contribution >= 0.6 is 0 Å². The van der Waals surface area contributed by atoms with E-state index in [4.69, 9.17) is 5.73 Å². The maximum Gasteiger partial charge on any atom is 0.239 e. The number of carbonyl (C=O) groups is 1. The molecule has 2 N–H and O–H groups in total. The Kier molecular flexibility index (Phi) is 6.26. The first-order chi connectivity index (χ1) is 9.72. The molecule has 5 heteroatoms. The lowest BCUT2D eigenvalue weighted by Gasteiger charge is -2.38. The van der Waals surface area contributed by atoms with Gasteiger partial charge in [-0.3, -0.25) is 9.69 Å². The van der Waals surface area contributed by atoms with Crippen molar-refractivity contribution in [3.8, 4) is 0 Å².